The Labute approximate surface area is 155 Å². The van der Waals surface area contributed by atoms with Crippen molar-refractivity contribution in [2.75, 3.05) is 18.5 Å². The zero-order valence-corrected chi connectivity index (χ0v) is 15.3. The van der Waals surface area contributed by atoms with Crippen LogP contribution < -0.4 is 16.6 Å². The van der Waals surface area contributed by atoms with Crippen LogP contribution in [-0.2, 0) is 27.1 Å². The molecule has 0 aliphatic rings. The summed E-state index contributed by atoms with van der Waals surface area (Å²) >= 11 is 0. The smallest absolute Gasteiger partial charge is 0.332 e. The van der Waals surface area contributed by atoms with Crippen LogP contribution in [-0.4, -0.2) is 48.2 Å². The van der Waals surface area contributed by atoms with Crippen LogP contribution in [0.5, 0.6) is 0 Å². The van der Waals surface area contributed by atoms with Crippen molar-refractivity contribution in [2.24, 2.45) is 14.1 Å². The third-order valence-electron chi connectivity index (χ3n) is 4.49. The first-order valence-corrected chi connectivity index (χ1v) is 8.67. The van der Waals surface area contributed by atoms with E-state index >= 15 is 0 Å². The zero-order valence-electron chi connectivity index (χ0n) is 15.3. The van der Waals surface area contributed by atoms with Crippen LogP contribution in [0.3, 0.4) is 0 Å². The number of fused-ring (bicyclic) bond motifs is 1. The molecule has 0 saturated carbocycles. The summed E-state index contributed by atoms with van der Waals surface area (Å²) in [5.41, 5.74) is 0.605. The number of aliphatic hydroxyl groups excluding tert-OH is 2. The number of rotatable bonds is 7. The third kappa shape index (κ3) is 3.64. The Hall–Kier alpha value is -2.91. The van der Waals surface area contributed by atoms with Gasteiger partial charge in [-0.2, -0.15) is 4.98 Å². The molecule has 0 radical (unpaired) electrons. The largest absolute Gasteiger partial charge is 0.394 e. The molecule has 27 heavy (non-hydrogen) atoms. The van der Waals surface area contributed by atoms with E-state index in [9.17, 15) is 19.8 Å². The van der Waals surface area contributed by atoms with Gasteiger partial charge in [-0.15, -0.1) is 0 Å². The molecule has 1 aromatic carbocycles. The number of hydrogen-bond acceptors (Lipinski definition) is 6. The number of aliphatic hydroxyl groups is 2. The van der Waals surface area contributed by atoms with Gasteiger partial charge in [-0.1, -0.05) is 30.3 Å². The average Bonchev–Trinajstić information content (AvgIpc) is 3.03. The molecule has 144 valence electrons. The fourth-order valence-corrected chi connectivity index (χ4v) is 2.99. The van der Waals surface area contributed by atoms with Gasteiger partial charge in [-0.3, -0.25) is 13.9 Å². The number of nitrogens with zero attached hydrogens (tertiary/aromatic N) is 4. The lowest BCUT2D eigenvalue weighted by Crippen LogP contribution is -2.38. The zero-order chi connectivity index (χ0) is 19.6. The van der Waals surface area contributed by atoms with Gasteiger partial charge in [0.15, 0.2) is 11.2 Å². The summed E-state index contributed by atoms with van der Waals surface area (Å²) in [6.45, 7) is 0.0835. The van der Waals surface area contributed by atoms with Crippen LogP contribution in [0.2, 0.25) is 0 Å². The predicted octanol–water partition coefficient (Wildman–Crippen LogP) is -0.559. The van der Waals surface area contributed by atoms with E-state index in [1.54, 1.807) is 0 Å². The van der Waals surface area contributed by atoms with Gasteiger partial charge in [0, 0.05) is 20.6 Å². The van der Waals surface area contributed by atoms with E-state index in [1.165, 1.54) is 23.2 Å². The number of benzene rings is 1. The van der Waals surface area contributed by atoms with Crippen LogP contribution in [0, 0.1) is 0 Å². The van der Waals surface area contributed by atoms with Crippen molar-refractivity contribution in [3.05, 3.63) is 56.7 Å². The van der Waals surface area contributed by atoms with E-state index in [-0.39, 0.29) is 17.7 Å². The van der Waals surface area contributed by atoms with Crippen molar-refractivity contribution < 1.29 is 10.2 Å². The molecule has 3 N–H and O–H groups in total. The molecule has 9 nitrogen and oxygen atoms in total. The maximum absolute atomic E-state index is 12.6. The molecule has 0 spiro atoms. The lowest BCUT2D eigenvalue weighted by atomic mass is 10.1. The minimum Gasteiger partial charge on any atom is -0.394 e. The molecule has 1 unspecified atom stereocenters. The van der Waals surface area contributed by atoms with Crippen molar-refractivity contribution in [2.45, 2.75) is 19.1 Å². The topological polar surface area (TPSA) is 114 Å². The number of aromatic nitrogens is 4. The summed E-state index contributed by atoms with van der Waals surface area (Å²) < 4.78 is 3.81. The fraction of sp³-hybridized carbons (Fsp3) is 0.389. The van der Waals surface area contributed by atoms with E-state index < -0.39 is 24.0 Å². The molecule has 0 saturated heterocycles. The molecule has 0 fully saturated rings. The number of nitrogens with one attached hydrogen (secondary N) is 1. The lowest BCUT2D eigenvalue weighted by Gasteiger charge is -2.13. The first-order chi connectivity index (χ1) is 12.9. The van der Waals surface area contributed by atoms with Gasteiger partial charge < -0.3 is 20.1 Å². The Morgan fingerprint density at radius 1 is 1.15 bits per heavy atom. The summed E-state index contributed by atoms with van der Waals surface area (Å²) in [6, 6.07) is 9.89. The summed E-state index contributed by atoms with van der Waals surface area (Å²) in [6.07, 6.45) is -0.317. The molecule has 1 atom stereocenters. The average molecular weight is 373 g/mol. The number of hydrogen-bond donors (Lipinski definition) is 3. The molecular formula is C18H23N5O4. The van der Waals surface area contributed by atoms with Gasteiger partial charge in [-0.25, -0.2) is 4.79 Å². The second-order valence-electron chi connectivity index (χ2n) is 6.42. The molecule has 2 aromatic heterocycles. The van der Waals surface area contributed by atoms with Crippen molar-refractivity contribution in [3.63, 3.8) is 0 Å². The molecular weight excluding hydrogens is 350 g/mol. The molecule has 3 aromatic rings. The Bertz CT molecular complexity index is 1050. The summed E-state index contributed by atoms with van der Waals surface area (Å²) in [4.78, 5) is 29.2. The highest BCUT2D eigenvalue weighted by Crippen LogP contribution is 2.16. The lowest BCUT2D eigenvalue weighted by molar-refractivity contribution is 0.0824. The van der Waals surface area contributed by atoms with Crippen LogP contribution in [0.25, 0.3) is 11.2 Å². The van der Waals surface area contributed by atoms with Crippen molar-refractivity contribution in [3.8, 4) is 0 Å². The first-order valence-electron chi connectivity index (χ1n) is 8.67. The van der Waals surface area contributed by atoms with E-state index in [1.807, 2.05) is 30.3 Å². The minimum atomic E-state index is -1.06. The summed E-state index contributed by atoms with van der Waals surface area (Å²) in [7, 11) is 2.93. The highest BCUT2D eigenvalue weighted by Gasteiger charge is 2.20. The molecule has 0 bridgehead atoms. The van der Waals surface area contributed by atoms with Crippen LogP contribution in [0.4, 0.5) is 5.95 Å². The van der Waals surface area contributed by atoms with Gasteiger partial charge in [0.2, 0.25) is 5.95 Å². The van der Waals surface area contributed by atoms with Gasteiger partial charge in [0.1, 0.15) is 0 Å². The Balaban J connectivity index is 2.01. The van der Waals surface area contributed by atoms with Crippen LogP contribution >= 0.6 is 0 Å². The molecule has 0 aliphatic heterocycles. The minimum absolute atomic E-state index is 0.0197. The Morgan fingerprint density at radius 2 is 1.85 bits per heavy atom. The van der Waals surface area contributed by atoms with E-state index in [0.29, 0.717) is 12.5 Å². The van der Waals surface area contributed by atoms with Crippen molar-refractivity contribution in [1.82, 2.24) is 18.7 Å². The van der Waals surface area contributed by atoms with E-state index in [0.717, 1.165) is 16.6 Å². The number of anilines is 1. The van der Waals surface area contributed by atoms with Crippen LogP contribution in [0.15, 0.2) is 39.9 Å². The first kappa shape index (κ1) is 18.9. The Kier molecular flexibility index (Phi) is 5.43. The number of aryl methyl sites for hydroxylation is 1. The third-order valence-corrected chi connectivity index (χ3v) is 4.49. The standard InChI is InChI=1S/C18H23N5O4/c1-21-15-14(16(26)22(2)18(21)27)23(10-13(25)11-24)17(20-15)19-9-8-12-6-4-3-5-7-12/h3-7,13,24-25H,8-11H2,1-2H3,(H,19,20). The van der Waals surface area contributed by atoms with E-state index in [2.05, 4.69) is 10.3 Å². The van der Waals surface area contributed by atoms with Crippen molar-refractivity contribution >= 4 is 17.1 Å². The van der Waals surface area contributed by atoms with Crippen molar-refractivity contribution in [1.29, 1.82) is 0 Å². The quantitative estimate of drug-likeness (QED) is 0.512. The molecule has 3 rings (SSSR count). The maximum Gasteiger partial charge on any atom is 0.332 e. The predicted molar refractivity (Wildman–Crippen MR) is 102 cm³/mol. The Morgan fingerprint density at radius 3 is 2.52 bits per heavy atom. The second kappa shape index (κ2) is 7.77. The maximum atomic E-state index is 12.6. The molecule has 2 heterocycles. The van der Waals surface area contributed by atoms with Gasteiger partial charge in [0.05, 0.1) is 19.3 Å². The highest BCUT2D eigenvalue weighted by atomic mass is 16.3. The highest BCUT2D eigenvalue weighted by molar-refractivity contribution is 5.74. The second-order valence-corrected chi connectivity index (χ2v) is 6.42. The summed E-state index contributed by atoms with van der Waals surface area (Å²) in [5.74, 6) is 0.367. The van der Waals surface area contributed by atoms with Gasteiger partial charge >= 0.3 is 5.69 Å². The molecule has 0 amide bonds. The summed E-state index contributed by atoms with van der Waals surface area (Å²) in [5, 5.41) is 22.3. The fourth-order valence-electron chi connectivity index (χ4n) is 2.99. The molecule has 0 aliphatic carbocycles. The normalized spacial score (nSPS) is 12.4. The van der Waals surface area contributed by atoms with E-state index in [4.69, 9.17) is 0 Å². The SMILES string of the molecule is Cn1c(=O)c2c(nc(NCCc3ccccc3)n2CC(O)CO)n(C)c1=O. The van der Waals surface area contributed by atoms with Crippen LogP contribution in [0.1, 0.15) is 5.56 Å². The monoisotopic (exact) mass is 373 g/mol. The number of imidazole rings is 1. The molecule has 9 heteroatoms. The van der Waals surface area contributed by atoms with Gasteiger partial charge in [-0.05, 0) is 12.0 Å². The van der Waals surface area contributed by atoms with Gasteiger partial charge in [0.25, 0.3) is 5.56 Å².